The number of nitrogens with one attached hydrogen (secondary N) is 2. The van der Waals surface area contributed by atoms with Crippen molar-refractivity contribution in [2.75, 3.05) is 23.9 Å². The molecule has 5 N–H and O–H groups in total. The first-order chi connectivity index (χ1) is 8.72. The Morgan fingerprint density at radius 3 is 2.72 bits per heavy atom. The van der Waals surface area contributed by atoms with E-state index < -0.39 is 0 Å². The minimum absolute atomic E-state index is 0.198. The van der Waals surface area contributed by atoms with Crippen LogP contribution < -0.4 is 21.3 Å². The maximum atomic E-state index is 9.74. The minimum Gasteiger partial charge on any atom is -0.464 e. The van der Waals surface area contributed by atoms with Gasteiger partial charge in [0.1, 0.15) is 0 Å². The molecule has 8 nitrogen and oxygen atoms in total. The number of nitrogen functional groups attached to an aromatic ring is 1. The Labute approximate surface area is 105 Å². The normalized spacial score (nSPS) is 16.2. The highest BCUT2D eigenvalue weighted by molar-refractivity contribution is 5.35. The molecule has 0 spiro atoms. The van der Waals surface area contributed by atoms with Gasteiger partial charge < -0.3 is 15.2 Å². The number of rotatable bonds is 7. The molecule has 1 aromatic rings. The molecule has 1 heterocycles. The van der Waals surface area contributed by atoms with Gasteiger partial charge in [-0.05, 0) is 25.7 Å². The smallest absolute Gasteiger partial charge is 0.323 e. The molecule has 1 saturated carbocycles. The number of hydrogen-bond donors (Lipinski definition) is 4. The summed E-state index contributed by atoms with van der Waals surface area (Å²) in [5.74, 6) is 6.22. The Balaban J connectivity index is 1.98. The van der Waals surface area contributed by atoms with Crippen LogP contribution in [-0.4, -0.2) is 39.3 Å². The number of nitrogens with zero attached hydrogens (tertiary/aromatic N) is 3. The lowest BCUT2D eigenvalue weighted by atomic mass is 10.2. The van der Waals surface area contributed by atoms with Crippen LogP contribution >= 0.6 is 0 Å². The van der Waals surface area contributed by atoms with E-state index >= 15 is 0 Å². The second kappa shape index (κ2) is 5.78. The molecular formula is C10H18N6O2. The van der Waals surface area contributed by atoms with Gasteiger partial charge in [0, 0.05) is 6.54 Å². The molecule has 1 aromatic heterocycles. The molecule has 0 bridgehead atoms. The topological polar surface area (TPSA) is 118 Å². The van der Waals surface area contributed by atoms with Crippen molar-refractivity contribution in [1.29, 1.82) is 0 Å². The lowest BCUT2D eigenvalue weighted by molar-refractivity contribution is 0.164. The molecule has 1 aliphatic rings. The Morgan fingerprint density at radius 2 is 2.11 bits per heavy atom. The highest BCUT2D eigenvalue weighted by Gasteiger charge is 2.29. The Bertz CT molecular complexity index is 398. The van der Waals surface area contributed by atoms with Crippen molar-refractivity contribution in [2.24, 2.45) is 11.8 Å². The Kier molecular flexibility index (Phi) is 4.11. The number of ether oxygens (including phenoxy) is 1. The highest BCUT2D eigenvalue weighted by atomic mass is 16.5. The zero-order valence-electron chi connectivity index (χ0n) is 10.3. The molecule has 8 heteroatoms. The third kappa shape index (κ3) is 3.41. The van der Waals surface area contributed by atoms with Crippen LogP contribution in [0.3, 0.4) is 0 Å². The summed E-state index contributed by atoms with van der Waals surface area (Å²) in [5, 5.41) is 12.7. The number of hydrazine groups is 1. The van der Waals surface area contributed by atoms with E-state index in [2.05, 4.69) is 25.7 Å². The molecule has 0 radical (unpaired) electrons. The Hall–Kier alpha value is -1.67. The van der Waals surface area contributed by atoms with Crippen molar-refractivity contribution < 1.29 is 9.84 Å². The van der Waals surface area contributed by atoms with Crippen molar-refractivity contribution in [3.05, 3.63) is 0 Å². The molecule has 100 valence electrons. The molecule has 0 aromatic carbocycles. The molecule has 1 unspecified atom stereocenters. The van der Waals surface area contributed by atoms with Crippen molar-refractivity contribution in [3.63, 3.8) is 0 Å². The summed E-state index contributed by atoms with van der Waals surface area (Å²) in [7, 11) is 0. The van der Waals surface area contributed by atoms with Crippen LogP contribution in [0.5, 0.6) is 6.01 Å². The van der Waals surface area contributed by atoms with Gasteiger partial charge in [-0.25, -0.2) is 5.84 Å². The number of aliphatic hydroxyl groups is 1. The molecule has 18 heavy (non-hydrogen) atoms. The predicted octanol–water partition coefficient (Wildman–Crippen LogP) is -0.261. The van der Waals surface area contributed by atoms with E-state index in [0.29, 0.717) is 25.0 Å². The zero-order chi connectivity index (χ0) is 13.0. The summed E-state index contributed by atoms with van der Waals surface area (Å²) in [6, 6.07) is 0.198. The first-order valence-electron chi connectivity index (χ1n) is 6.00. The largest absolute Gasteiger partial charge is 0.464 e. The second-order valence-electron chi connectivity index (χ2n) is 4.13. The van der Waals surface area contributed by atoms with Gasteiger partial charge in [-0.1, -0.05) is 0 Å². The number of aliphatic hydroxyl groups excluding tert-OH is 1. The fraction of sp³-hybridized carbons (Fsp3) is 0.700. The summed E-state index contributed by atoms with van der Waals surface area (Å²) >= 11 is 0. The third-order valence-electron chi connectivity index (χ3n) is 2.65. The van der Waals surface area contributed by atoms with E-state index in [1.54, 1.807) is 0 Å². The minimum atomic E-state index is -0.369. The van der Waals surface area contributed by atoms with Crippen LogP contribution in [0, 0.1) is 5.92 Å². The fourth-order valence-electron chi connectivity index (χ4n) is 1.54. The van der Waals surface area contributed by atoms with Crippen molar-refractivity contribution in [3.8, 4) is 6.01 Å². The summed E-state index contributed by atoms with van der Waals surface area (Å²) < 4.78 is 5.20. The highest BCUT2D eigenvalue weighted by Crippen LogP contribution is 2.32. The molecular weight excluding hydrogens is 236 g/mol. The van der Waals surface area contributed by atoms with Crippen LogP contribution in [0.25, 0.3) is 0 Å². The van der Waals surface area contributed by atoms with Crippen LogP contribution in [-0.2, 0) is 0 Å². The first-order valence-corrected chi connectivity index (χ1v) is 6.00. The summed E-state index contributed by atoms with van der Waals surface area (Å²) in [4.78, 5) is 12.0. The molecule has 1 fully saturated rings. The molecule has 2 rings (SSSR count). The lowest BCUT2D eigenvalue weighted by Gasteiger charge is -2.11. The van der Waals surface area contributed by atoms with Gasteiger partial charge in [-0.3, -0.25) is 5.43 Å². The molecule has 1 atom stereocenters. The average Bonchev–Trinajstić information content (AvgIpc) is 3.20. The fourth-order valence-corrected chi connectivity index (χ4v) is 1.54. The van der Waals surface area contributed by atoms with E-state index in [4.69, 9.17) is 10.6 Å². The Morgan fingerprint density at radius 1 is 1.39 bits per heavy atom. The van der Waals surface area contributed by atoms with Crippen LogP contribution in [0.15, 0.2) is 0 Å². The molecule has 0 aliphatic heterocycles. The third-order valence-corrected chi connectivity index (χ3v) is 2.65. The number of aromatic nitrogens is 3. The standard InChI is InChI=1S/C10H18N6O2/c1-2-18-10-14-8(13-9(15-10)16-11)12-5-7(17)6-3-4-6/h6-7,17H,2-5,11H2,1H3,(H2,12,13,14,15,16). The van der Waals surface area contributed by atoms with E-state index in [9.17, 15) is 5.11 Å². The summed E-state index contributed by atoms with van der Waals surface area (Å²) in [6.45, 7) is 2.70. The van der Waals surface area contributed by atoms with Crippen molar-refractivity contribution in [1.82, 2.24) is 15.0 Å². The summed E-state index contributed by atoms with van der Waals surface area (Å²) in [5.41, 5.74) is 2.34. The van der Waals surface area contributed by atoms with E-state index in [0.717, 1.165) is 12.8 Å². The first kappa shape index (κ1) is 12.8. The van der Waals surface area contributed by atoms with Gasteiger partial charge in [0.15, 0.2) is 0 Å². The number of nitrogens with two attached hydrogens (primary N) is 1. The van der Waals surface area contributed by atoms with E-state index in [1.165, 1.54) is 0 Å². The van der Waals surface area contributed by atoms with Gasteiger partial charge in [-0.15, -0.1) is 0 Å². The predicted molar refractivity (Wildman–Crippen MR) is 66.0 cm³/mol. The quantitative estimate of drug-likeness (QED) is 0.388. The van der Waals surface area contributed by atoms with Crippen LogP contribution in [0.1, 0.15) is 19.8 Å². The lowest BCUT2D eigenvalue weighted by Crippen LogP contribution is -2.23. The van der Waals surface area contributed by atoms with Gasteiger partial charge in [-0.2, -0.15) is 15.0 Å². The monoisotopic (exact) mass is 254 g/mol. The average molecular weight is 254 g/mol. The SMILES string of the molecule is CCOc1nc(NN)nc(NCC(O)C2CC2)n1. The van der Waals surface area contributed by atoms with E-state index in [1.807, 2.05) is 6.92 Å². The van der Waals surface area contributed by atoms with Crippen LogP contribution in [0.4, 0.5) is 11.9 Å². The van der Waals surface area contributed by atoms with Gasteiger partial charge in [0.2, 0.25) is 11.9 Å². The zero-order valence-corrected chi connectivity index (χ0v) is 10.3. The van der Waals surface area contributed by atoms with Crippen molar-refractivity contribution in [2.45, 2.75) is 25.9 Å². The molecule has 0 saturated heterocycles. The number of anilines is 2. The molecule has 1 aliphatic carbocycles. The second-order valence-corrected chi connectivity index (χ2v) is 4.13. The van der Waals surface area contributed by atoms with Gasteiger partial charge in [0.05, 0.1) is 12.7 Å². The number of hydrogen-bond acceptors (Lipinski definition) is 8. The maximum Gasteiger partial charge on any atom is 0.323 e. The van der Waals surface area contributed by atoms with Crippen molar-refractivity contribution >= 4 is 11.9 Å². The van der Waals surface area contributed by atoms with Gasteiger partial charge in [0.25, 0.3) is 0 Å². The van der Waals surface area contributed by atoms with E-state index in [-0.39, 0.29) is 18.1 Å². The van der Waals surface area contributed by atoms with Crippen LogP contribution in [0.2, 0.25) is 0 Å². The van der Waals surface area contributed by atoms with Gasteiger partial charge >= 0.3 is 6.01 Å². The maximum absolute atomic E-state index is 9.74. The molecule has 0 amide bonds. The summed E-state index contributed by atoms with van der Waals surface area (Å²) in [6.07, 6.45) is 1.80.